The average Bonchev–Trinajstić information content (AvgIpc) is 2.76. The van der Waals surface area contributed by atoms with E-state index in [0.29, 0.717) is 6.04 Å². The first kappa shape index (κ1) is 16.8. The molecule has 0 spiro atoms. The van der Waals surface area contributed by atoms with Gasteiger partial charge in [-0.15, -0.1) is 0 Å². The Hall–Kier alpha value is -1.57. The zero-order valence-corrected chi connectivity index (χ0v) is 14.3. The SMILES string of the molecule is C=Cc1c(C)ncc(C(=C)CCC)c1NC1CCCCCC1. The highest BCUT2D eigenvalue weighted by atomic mass is 14.9. The maximum atomic E-state index is 4.55. The van der Waals surface area contributed by atoms with Crippen LogP contribution in [0.4, 0.5) is 5.69 Å². The van der Waals surface area contributed by atoms with Crippen LogP contribution in [0.1, 0.15) is 75.1 Å². The highest BCUT2D eigenvalue weighted by Gasteiger charge is 2.18. The van der Waals surface area contributed by atoms with Gasteiger partial charge in [-0.25, -0.2) is 0 Å². The van der Waals surface area contributed by atoms with Gasteiger partial charge in [-0.1, -0.05) is 58.3 Å². The molecule has 0 atom stereocenters. The Bertz CT molecular complexity index is 523. The van der Waals surface area contributed by atoms with Crippen molar-refractivity contribution in [2.75, 3.05) is 5.32 Å². The van der Waals surface area contributed by atoms with Crippen molar-refractivity contribution >= 4 is 17.3 Å². The molecule has 0 aromatic carbocycles. The van der Waals surface area contributed by atoms with Crippen molar-refractivity contribution in [1.29, 1.82) is 0 Å². The zero-order valence-electron chi connectivity index (χ0n) is 14.3. The number of aromatic nitrogens is 1. The number of allylic oxidation sites excluding steroid dienone is 1. The van der Waals surface area contributed by atoms with Crippen LogP contribution in [-0.4, -0.2) is 11.0 Å². The second kappa shape index (κ2) is 8.17. The molecule has 1 saturated carbocycles. The van der Waals surface area contributed by atoms with E-state index in [4.69, 9.17) is 0 Å². The minimum absolute atomic E-state index is 0.566. The number of nitrogens with one attached hydrogen (secondary N) is 1. The van der Waals surface area contributed by atoms with Crippen molar-refractivity contribution in [3.8, 4) is 0 Å². The third-order valence-corrected chi connectivity index (χ3v) is 4.66. The molecule has 0 aliphatic heterocycles. The molecule has 0 unspecified atom stereocenters. The summed E-state index contributed by atoms with van der Waals surface area (Å²) in [6.45, 7) is 12.5. The van der Waals surface area contributed by atoms with E-state index in [0.717, 1.165) is 24.1 Å². The number of hydrogen-bond donors (Lipinski definition) is 1. The van der Waals surface area contributed by atoms with Gasteiger partial charge in [0.25, 0.3) is 0 Å². The van der Waals surface area contributed by atoms with Gasteiger partial charge in [0.05, 0.1) is 5.69 Å². The molecular weight excluding hydrogens is 268 g/mol. The quantitative estimate of drug-likeness (QED) is 0.653. The maximum Gasteiger partial charge on any atom is 0.0525 e. The van der Waals surface area contributed by atoms with E-state index >= 15 is 0 Å². The second-order valence-corrected chi connectivity index (χ2v) is 6.44. The van der Waals surface area contributed by atoms with Gasteiger partial charge in [-0.3, -0.25) is 4.98 Å². The first-order chi connectivity index (χ1) is 10.7. The summed E-state index contributed by atoms with van der Waals surface area (Å²) in [4.78, 5) is 4.55. The molecule has 1 aliphatic rings. The molecule has 1 aromatic rings. The molecular formula is C20H30N2. The molecule has 2 nitrogen and oxygen atoms in total. The Labute approximate surface area is 135 Å². The minimum Gasteiger partial charge on any atom is -0.381 e. The molecule has 2 rings (SSSR count). The molecule has 1 heterocycles. The van der Waals surface area contributed by atoms with Gasteiger partial charge in [-0.2, -0.15) is 0 Å². The zero-order chi connectivity index (χ0) is 15.9. The van der Waals surface area contributed by atoms with Gasteiger partial charge in [-0.05, 0) is 31.8 Å². The van der Waals surface area contributed by atoms with E-state index in [9.17, 15) is 0 Å². The molecule has 1 aromatic heterocycles. The van der Waals surface area contributed by atoms with Crippen LogP contribution in [0.15, 0.2) is 19.4 Å². The molecule has 1 fully saturated rings. The smallest absolute Gasteiger partial charge is 0.0525 e. The summed E-state index contributed by atoms with van der Waals surface area (Å²) in [7, 11) is 0. The van der Waals surface area contributed by atoms with Crippen LogP contribution in [0, 0.1) is 6.92 Å². The summed E-state index contributed by atoms with van der Waals surface area (Å²) in [5.74, 6) is 0. The fraction of sp³-hybridized carbons (Fsp3) is 0.550. The van der Waals surface area contributed by atoms with Gasteiger partial charge in [0.1, 0.15) is 0 Å². The fourth-order valence-corrected chi connectivity index (χ4v) is 3.36. The van der Waals surface area contributed by atoms with Crippen LogP contribution < -0.4 is 5.32 Å². The lowest BCUT2D eigenvalue weighted by atomic mass is 9.97. The van der Waals surface area contributed by atoms with Crippen LogP contribution in [0.3, 0.4) is 0 Å². The van der Waals surface area contributed by atoms with E-state index in [-0.39, 0.29) is 0 Å². The lowest BCUT2D eigenvalue weighted by Crippen LogP contribution is -2.20. The Morgan fingerprint density at radius 3 is 2.59 bits per heavy atom. The van der Waals surface area contributed by atoms with Crippen LogP contribution in [0.2, 0.25) is 0 Å². The first-order valence-corrected chi connectivity index (χ1v) is 8.74. The largest absolute Gasteiger partial charge is 0.381 e. The summed E-state index contributed by atoms with van der Waals surface area (Å²) in [5.41, 5.74) is 5.73. The van der Waals surface area contributed by atoms with Crippen molar-refractivity contribution in [2.45, 2.75) is 71.3 Å². The number of rotatable bonds is 6. The predicted molar refractivity (Wildman–Crippen MR) is 98.1 cm³/mol. The third kappa shape index (κ3) is 4.00. The van der Waals surface area contributed by atoms with E-state index in [1.807, 2.05) is 12.3 Å². The summed E-state index contributed by atoms with van der Waals surface area (Å²) < 4.78 is 0. The molecule has 0 bridgehead atoms. The first-order valence-electron chi connectivity index (χ1n) is 8.74. The second-order valence-electron chi connectivity index (χ2n) is 6.44. The van der Waals surface area contributed by atoms with Crippen molar-refractivity contribution in [2.24, 2.45) is 0 Å². The Kier molecular flexibility index (Phi) is 6.23. The third-order valence-electron chi connectivity index (χ3n) is 4.66. The van der Waals surface area contributed by atoms with Crippen molar-refractivity contribution in [1.82, 2.24) is 4.98 Å². The van der Waals surface area contributed by atoms with E-state index < -0.39 is 0 Å². The Morgan fingerprint density at radius 2 is 2.00 bits per heavy atom. The molecule has 0 radical (unpaired) electrons. The van der Waals surface area contributed by atoms with E-state index in [1.165, 1.54) is 55.3 Å². The summed E-state index contributed by atoms with van der Waals surface area (Å²) in [6, 6.07) is 0.566. The monoisotopic (exact) mass is 298 g/mol. The molecule has 22 heavy (non-hydrogen) atoms. The lowest BCUT2D eigenvalue weighted by molar-refractivity contribution is 0.619. The predicted octanol–water partition coefficient (Wildman–Crippen LogP) is 5.98. The Morgan fingerprint density at radius 1 is 1.32 bits per heavy atom. The number of nitrogens with zero attached hydrogens (tertiary/aromatic N) is 1. The highest BCUT2D eigenvalue weighted by Crippen LogP contribution is 2.33. The Balaban J connectivity index is 2.34. The van der Waals surface area contributed by atoms with Gasteiger partial charge < -0.3 is 5.32 Å². The minimum atomic E-state index is 0.566. The van der Waals surface area contributed by atoms with Crippen molar-refractivity contribution in [3.63, 3.8) is 0 Å². The topological polar surface area (TPSA) is 24.9 Å². The normalized spacial score (nSPS) is 16.1. The van der Waals surface area contributed by atoms with Gasteiger partial charge in [0, 0.05) is 29.1 Å². The summed E-state index contributed by atoms with van der Waals surface area (Å²) >= 11 is 0. The number of aryl methyl sites for hydroxylation is 1. The number of hydrogen-bond acceptors (Lipinski definition) is 2. The van der Waals surface area contributed by atoms with Gasteiger partial charge in [0.2, 0.25) is 0 Å². The van der Waals surface area contributed by atoms with Crippen molar-refractivity contribution in [3.05, 3.63) is 36.2 Å². The average molecular weight is 298 g/mol. The summed E-state index contributed by atoms with van der Waals surface area (Å²) in [6.07, 6.45) is 14.0. The van der Waals surface area contributed by atoms with Crippen LogP contribution in [0.25, 0.3) is 11.6 Å². The molecule has 0 amide bonds. The standard InChI is InChI=1S/C20H30N2/c1-5-11-15(3)19-14-21-16(4)18(6-2)20(19)22-17-12-9-7-8-10-13-17/h6,14,17H,2-3,5,7-13H2,1,4H3,(H,21,22). The molecule has 120 valence electrons. The van der Waals surface area contributed by atoms with Crippen LogP contribution >= 0.6 is 0 Å². The highest BCUT2D eigenvalue weighted by molar-refractivity contribution is 5.81. The molecule has 1 N–H and O–H groups in total. The van der Waals surface area contributed by atoms with Crippen LogP contribution in [0.5, 0.6) is 0 Å². The number of pyridine rings is 1. The van der Waals surface area contributed by atoms with E-state index in [1.54, 1.807) is 0 Å². The summed E-state index contributed by atoms with van der Waals surface area (Å²) in [5, 5.41) is 3.82. The fourth-order valence-electron chi connectivity index (χ4n) is 3.36. The van der Waals surface area contributed by atoms with Gasteiger partial charge >= 0.3 is 0 Å². The molecule has 2 heteroatoms. The maximum absolute atomic E-state index is 4.55. The molecule has 1 aliphatic carbocycles. The van der Waals surface area contributed by atoms with E-state index in [2.05, 4.69) is 37.3 Å². The lowest BCUT2D eigenvalue weighted by Gasteiger charge is -2.23. The van der Waals surface area contributed by atoms with Crippen LogP contribution in [-0.2, 0) is 0 Å². The van der Waals surface area contributed by atoms with Crippen molar-refractivity contribution < 1.29 is 0 Å². The molecule has 0 saturated heterocycles. The van der Waals surface area contributed by atoms with Gasteiger partial charge in [0.15, 0.2) is 0 Å². The number of anilines is 1.